The smallest absolute Gasteiger partial charge is 0.153 e. The van der Waals surface area contributed by atoms with Gasteiger partial charge in [0, 0.05) is 17.3 Å². The van der Waals surface area contributed by atoms with Crippen LogP contribution in [-0.4, -0.2) is 9.97 Å². The number of imidazole rings is 1. The molecule has 3 aromatic rings. The van der Waals surface area contributed by atoms with E-state index in [1.54, 1.807) is 12.1 Å². The van der Waals surface area contributed by atoms with Crippen LogP contribution in [-0.2, 0) is 0 Å². The molecule has 1 heterocycles. The molecule has 0 unspecified atom stereocenters. The Morgan fingerprint density at radius 2 is 1.95 bits per heavy atom. The van der Waals surface area contributed by atoms with Crippen LogP contribution in [0, 0.1) is 18.6 Å². The second-order valence-electron chi connectivity index (χ2n) is 4.44. The highest BCUT2D eigenvalue weighted by atomic mass is 19.1. The van der Waals surface area contributed by atoms with Crippen LogP contribution in [0.15, 0.2) is 30.3 Å². The molecule has 96 valence electrons. The molecule has 5 heteroatoms. The molecule has 3 rings (SSSR count). The first-order valence-corrected chi connectivity index (χ1v) is 5.76. The van der Waals surface area contributed by atoms with Gasteiger partial charge in [-0.15, -0.1) is 0 Å². The predicted molar refractivity (Wildman–Crippen MR) is 70.6 cm³/mol. The Morgan fingerprint density at radius 3 is 2.74 bits per heavy atom. The maximum absolute atomic E-state index is 13.6. The van der Waals surface area contributed by atoms with Crippen molar-refractivity contribution < 1.29 is 8.78 Å². The summed E-state index contributed by atoms with van der Waals surface area (Å²) < 4.78 is 26.8. The molecule has 3 N–H and O–H groups in total. The maximum atomic E-state index is 13.6. The number of anilines is 1. The van der Waals surface area contributed by atoms with E-state index >= 15 is 0 Å². The maximum Gasteiger partial charge on any atom is 0.153 e. The topological polar surface area (TPSA) is 54.7 Å². The summed E-state index contributed by atoms with van der Waals surface area (Å²) >= 11 is 0. The average Bonchev–Trinajstić information content (AvgIpc) is 2.76. The first-order chi connectivity index (χ1) is 9.04. The van der Waals surface area contributed by atoms with Crippen LogP contribution in [0.3, 0.4) is 0 Å². The Bertz CT molecular complexity index is 778. The van der Waals surface area contributed by atoms with E-state index in [1.165, 1.54) is 6.07 Å². The van der Waals surface area contributed by atoms with E-state index in [0.717, 1.165) is 17.2 Å². The van der Waals surface area contributed by atoms with Gasteiger partial charge in [-0.1, -0.05) is 6.07 Å². The van der Waals surface area contributed by atoms with Gasteiger partial charge in [-0.3, -0.25) is 0 Å². The summed E-state index contributed by atoms with van der Waals surface area (Å²) in [4.78, 5) is 7.09. The monoisotopic (exact) mass is 259 g/mol. The number of rotatable bonds is 1. The van der Waals surface area contributed by atoms with Crippen molar-refractivity contribution in [3.05, 3.63) is 47.5 Å². The van der Waals surface area contributed by atoms with Crippen LogP contribution in [0.25, 0.3) is 22.4 Å². The molecule has 0 amide bonds. The zero-order valence-corrected chi connectivity index (χ0v) is 10.2. The van der Waals surface area contributed by atoms with Crippen molar-refractivity contribution in [1.82, 2.24) is 9.97 Å². The van der Waals surface area contributed by atoms with Crippen LogP contribution in [0.4, 0.5) is 14.5 Å². The minimum atomic E-state index is -0.681. The number of aromatic nitrogens is 2. The minimum Gasteiger partial charge on any atom is -0.399 e. The summed E-state index contributed by atoms with van der Waals surface area (Å²) in [5.74, 6) is -0.840. The Labute approximate surface area is 108 Å². The fraction of sp³-hybridized carbons (Fsp3) is 0.0714. The van der Waals surface area contributed by atoms with Gasteiger partial charge in [0.05, 0.1) is 5.52 Å². The molecule has 0 bridgehead atoms. The average molecular weight is 259 g/mol. The lowest BCUT2D eigenvalue weighted by Crippen LogP contribution is -1.90. The molecular formula is C14H11F2N3. The molecule has 0 radical (unpaired) electrons. The number of nitrogens with two attached hydrogens (primary N) is 1. The first kappa shape index (κ1) is 11.6. The number of benzene rings is 2. The van der Waals surface area contributed by atoms with Gasteiger partial charge in [-0.05, 0) is 30.7 Å². The van der Waals surface area contributed by atoms with E-state index < -0.39 is 11.6 Å². The number of fused-ring (bicyclic) bond motifs is 1. The Kier molecular flexibility index (Phi) is 2.48. The van der Waals surface area contributed by atoms with Crippen LogP contribution in [0.1, 0.15) is 5.56 Å². The highest BCUT2D eigenvalue weighted by Gasteiger charge is 2.12. The molecule has 0 saturated heterocycles. The third kappa shape index (κ3) is 1.93. The van der Waals surface area contributed by atoms with E-state index in [1.807, 2.05) is 13.0 Å². The minimum absolute atomic E-state index is 0.123. The lowest BCUT2D eigenvalue weighted by molar-refractivity contribution is 0.591. The Hall–Kier alpha value is -2.43. The molecule has 19 heavy (non-hydrogen) atoms. The van der Waals surface area contributed by atoms with E-state index in [9.17, 15) is 8.78 Å². The quantitative estimate of drug-likeness (QED) is 0.658. The lowest BCUT2D eigenvalue weighted by atomic mass is 10.1. The summed E-state index contributed by atoms with van der Waals surface area (Å²) in [6.45, 7) is 1.90. The number of H-pyrrole nitrogens is 1. The molecule has 2 aromatic carbocycles. The number of halogens is 2. The van der Waals surface area contributed by atoms with Crippen LogP contribution < -0.4 is 5.73 Å². The zero-order valence-electron chi connectivity index (χ0n) is 10.2. The van der Waals surface area contributed by atoms with Crippen LogP contribution in [0.5, 0.6) is 0 Å². The van der Waals surface area contributed by atoms with Gasteiger partial charge in [0.15, 0.2) is 5.82 Å². The number of nitrogens with zero attached hydrogens (tertiary/aromatic N) is 1. The number of nitrogens with one attached hydrogen (secondary N) is 1. The normalized spacial score (nSPS) is 11.1. The van der Waals surface area contributed by atoms with Crippen LogP contribution >= 0.6 is 0 Å². The van der Waals surface area contributed by atoms with E-state index in [-0.39, 0.29) is 5.52 Å². The highest BCUT2D eigenvalue weighted by Crippen LogP contribution is 2.26. The SMILES string of the molecule is Cc1ccc(N)cc1-c1nc2c(F)cc(F)cc2[nH]1. The molecule has 0 aliphatic heterocycles. The molecule has 0 saturated carbocycles. The van der Waals surface area contributed by atoms with Crippen molar-refractivity contribution >= 4 is 16.7 Å². The van der Waals surface area contributed by atoms with Crippen molar-refractivity contribution in [2.24, 2.45) is 0 Å². The largest absolute Gasteiger partial charge is 0.399 e. The van der Waals surface area contributed by atoms with Crippen molar-refractivity contribution in [2.75, 3.05) is 5.73 Å². The van der Waals surface area contributed by atoms with Crippen molar-refractivity contribution in [2.45, 2.75) is 6.92 Å². The van der Waals surface area contributed by atoms with Crippen molar-refractivity contribution in [3.8, 4) is 11.4 Å². The highest BCUT2D eigenvalue weighted by molar-refractivity contribution is 5.81. The third-order valence-electron chi connectivity index (χ3n) is 3.02. The van der Waals surface area contributed by atoms with Crippen molar-refractivity contribution in [1.29, 1.82) is 0 Å². The standard InChI is InChI=1S/C14H11F2N3/c1-7-2-3-9(17)6-10(7)14-18-12-5-8(15)4-11(16)13(12)19-14/h2-6H,17H2,1H3,(H,18,19). The number of hydrogen-bond donors (Lipinski definition) is 2. The molecule has 0 aliphatic rings. The van der Waals surface area contributed by atoms with Gasteiger partial charge in [-0.25, -0.2) is 13.8 Å². The Morgan fingerprint density at radius 1 is 1.16 bits per heavy atom. The fourth-order valence-corrected chi connectivity index (χ4v) is 2.06. The van der Waals surface area contributed by atoms with E-state index in [0.29, 0.717) is 17.0 Å². The summed E-state index contributed by atoms with van der Waals surface area (Å²) in [5.41, 5.74) is 8.51. The van der Waals surface area contributed by atoms with Gasteiger partial charge in [0.2, 0.25) is 0 Å². The summed E-state index contributed by atoms with van der Waals surface area (Å²) in [7, 11) is 0. The molecule has 0 fully saturated rings. The van der Waals surface area contributed by atoms with Gasteiger partial charge in [0.25, 0.3) is 0 Å². The van der Waals surface area contributed by atoms with Gasteiger partial charge < -0.3 is 10.7 Å². The van der Waals surface area contributed by atoms with E-state index in [2.05, 4.69) is 9.97 Å². The molecule has 0 spiro atoms. The molecule has 3 nitrogen and oxygen atoms in total. The number of nitrogen functional groups attached to an aromatic ring is 1. The number of hydrogen-bond acceptors (Lipinski definition) is 2. The second kappa shape index (κ2) is 4.05. The molecule has 0 aliphatic carbocycles. The second-order valence-corrected chi connectivity index (χ2v) is 4.44. The first-order valence-electron chi connectivity index (χ1n) is 5.76. The van der Waals surface area contributed by atoms with Gasteiger partial charge >= 0.3 is 0 Å². The molecule has 0 atom stereocenters. The van der Waals surface area contributed by atoms with Gasteiger partial charge in [-0.2, -0.15) is 0 Å². The summed E-state index contributed by atoms with van der Waals surface area (Å²) in [6, 6.07) is 7.42. The van der Waals surface area contributed by atoms with Crippen molar-refractivity contribution in [3.63, 3.8) is 0 Å². The summed E-state index contributed by atoms with van der Waals surface area (Å²) in [5, 5.41) is 0. The summed E-state index contributed by atoms with van der Waals surface area (Å²) in [6.07, 6.45) is 0. The predicted octanol–water partition coefficient (Wildman–Crippen LogP) is 3.40. The van der Waals surface area contributed by atoms with Crippen LogP contribution in [0.2, 0.25) is 0 Å². The third-order valence-corrected chi connectivity index (χ3v) is 3.02. The molecule has 1 aromatic heterocycles. The molecular weight excluding hydrogens is 248 g/mol. The zero-order chi connectivity index (χ0) is 13.6. The van der Waals surface area contributed by atoms with E-state index in [4.69, 9.17) is 5.73 Å². The fourth-order valence-electron chi connectivity index (χ4n) is 2.06. The number of aromatic amines is 1. The number of aryl methyl sites for hydroxylation is 1. The van der Waals surface area contributed by atoms with Gasteiger partial charge in [0.1, 0.15) is 17.2 Å². The Balaban J connectivity index is 2.26. The lowest BCUT2D eigenvalue weighted by Gasteiger charge is -2.03.